The number of hydrogen-bond acceptors (Lipinski definition) is 7. The zero-order valence-corrected chi connectivity index (χ0v) is 16.1. The van der Waals surface area contributed by atoms with Crippen LogP contribution in [0.5, 0.6) is 11.5 Å². The highest BCUT2D eigenvalue weighted by Gasteiger charge is 2.55. The van der Waals surface area contributed by atoms with E-state index in [1.807, 2.05) is 19.2 Å². The molecular formula is C21H21N5O2. The Morgan fingerprint density at radius 2 is 1.89 bits per heavy atom. The third kappa shape index (κ3) is 2.59. The van der Waals surface area contributed by atoms with Gasteiger partial charge in [0.15, 0.2) is 16.9 Å². The third-order valence-electron chi connectivity index (χ3n) is 5.62. The van der Waals surface area contributed by atoms with Crippen molar-refractivity contribution >= 4 is 0 Å². The fraction of sp³-hybridized carbons (Fsp3) is 0.381. The Morgan fingerprint density at radius 3 is 2.46 bits per heavy atom. The fourth-order valence-electron chi connectivity index (χ4n) is 4.32. The van der Waals surface area contributed by atoms with Crippen LogP contribution in [0.15, 0.2) is 41.1 Å². The molecule has 3 rings (SSSR count). The topological polar surface area (TPSA) is 119 Å². The van der Waals surface area contributed by atoms with E-state index >= 15 is 0 Å². The summed E-state index contributed by atoms with van der Waals surface area (Å²) in [6, 6.07) is 11.8. The molecule has 142 valence electrons. The first-order valence-electron chi connectivity index (χ1n) is 8.81. The summed E-state index contributed by atoms with van der Waals surface area (Å²) >= 11 is 0. The summed E-state index contributed by atoms with van der Waals surface area (Å²) in [5, 5.41) is 29.9. The molecule has 1 aliphatic heterocycles. The molecule has 7 heteroatoms. The van der Waals surface area contributed by atoms with E-state index in [1.165, 1.54) is 14.2 Å². The van der Waals surface area contributed by atoms with Gasteiger partial charge in [-0.05, 0) is 18.7 Å². The zero-order chi connectivity index (χ0) is 20.5. The van der Waals surface area contributed by atoms with Crippen molar-refractivity contribution in [2.75, 3.05) is 34.4 Å². The van der Waals surface area contributed by atoms with E-state index < -0.39 is 11.3 Å². The van der Waals surface area contributed by atoms with Crippen molar-refractivity contribution in [3.63, 3.8) is 0 Å². The van der Waals surface area contributed by atoms with Crippen molar-refractivity contribution in [2.24, 2.45) is 17.1 Å². The SMILES string of the molecule is COc1cccc([C@H]2[C@@H]3CN(C)CC=C3C(C#N)=C(N)C2(C#N)C#N)c1OC. The molecule has 2 N–H and O–H groups in total. The summed E-state index contributed by atoms with van der Waals surface area (Å²) in [7, 11) is 5.02. The highest BCUT2D eigenvalue weighted by Crippen LogP contribution is 2.56. The first-order valence-corrected chi connectivity index (χ1v) is 8.81. The molecule has 0 amide bonds. The molecule has 2 atom stereocenters. The summed E-state index contributed by atoms with van der Waals surface area (Å²) in [5.41, 5.74) is 6.30. The van der Waals surface area contributed by atoms with Crippen LogP contribution >= 0.6 is 0 Å². The number of rotatable bonds is 3. The summed E-state index contributed by atoms with van der Waals surface area (Å²) in [4.78, 5) is 2.09. The van der Waals surface area contributed by atoms with Gasteiger partial charge in [0, 0.05) is 30.5 Å². The Balaban J connectivity index is 2.39. The second kappa shape index (κ2) is 7.27. The van der Waals surface area contributed by atoms with Crippen LogP contribution in [0.1, 0.15) is 11.5 Å². The standard InChI is InChI=1S/C21H21N5O2/c1-26-8-7-13-15(9-22)20(25)21(11-23,12-24)18(16(13)10-26)14-5-4-6-17(27-2)19(14)28-3/h4-7,16,18H,8,10,25H2,1-3H3/t16-,18+/m1/s1. The van der Waals surface area contributed by atoms with Crippen LogP contribution in [0.25, 0.3) is 0 Å². The summed E-state index contributed by atoms with van der Waals surface area (Å²) in [6.07, 6.45) is 1.96. The first-order chi connectivity index (χ1) is 13.5. The van der Waals surface area contributed by atoms with Gasteiger partial charge in [-0.1, -0.05) is 18.2 Å². The van der Waals surface area contributed by atoms with Gasteiger partial charge in [0.25, 0.3) is 0 Å². The molecule has 0 unspecified atom stereocenters. The Hall–Kier alpha value is -3.47. The van der Waals surface area contributed by atoms with Gasteiger partial charge in [-0.3, -0.25) is 0 Å². The Labute approximate surface area is 164 Å². The number of nitrogens with zero attached hydrogens (tertiary/aromatic N) is 4. The molecule has 0 fully saturated rings. The lowest BCUT2D eigenvalue weighted by molar-refractivity contribution is 0.233. The van der Waals surface area contributed by atoms with Crippen LogP contribution < -0.4 is 15.2 Å². The van der Waals surface area contributed by atoms with Gasteiger partial charge in [-0.15, -0.1) is 0 Å². The van der Waals surface area contributed by atoms with Gasteiger partial charge in [0.2, 0.25) is 0 Å². The van der Waals surface area contributed by atoms with E-state index in [4.69, 9.17) is 15.2 Å². The minimum Gasteiger partial charge on any atom is -0.493 e. The number of fused-ring (bicyclic) bond motifs is 1. The van der Waals surface area contributed by atoms with E-state index in [2.05, 4.69) is 23.1 Å². The van der Waals surface area contributed by atoms with E-state index in [9.17, 15) is 15.8 Å². The smallest absolute Gasteiger partial charge is 0.191 e. The average molecular weight is 375 g/mol. The predicted octanol–water partition coefficient (Wildman–Crippen LogP) is 2.06. The van der Waals surface area contributed by atoms with E-state index in [1.54, 1.807) is 12.1 Å². The number of benzene rings is 1. The van der Waals surface area contributed by atoms with E-state index in [-0.39, 0.29) is 17.2 Å². The second-order valence-corrected chi connectivity index (χ2v) is 6.98. The largest absolute Gasteiger partial charge is 0.493 e. The molecule has 0 saturated carbocycles. The third-order valence-corrected chi connectivity index (χ3v) is 5.62. The first kappa shape index (κ1) is 19.3. The molecule has 7 nitrogen and oxygen atoms in total. The molecular weight excluding hydrogens is 354 g/mol. The minimum absolute atomic E-state index is 0.00178. The highest BCUT2D eigenvalue weighted by molar-refractivity contribution is 5.62. The van der Waals surface area contributed by atoms with Gasteiger partial charge >= 0.3 is 0 Å². The van der Waals surface area contributed by atoms with Crippen LogP contribution in [-0.4, -0.2) is 39.3 Å². The summed E-state index contributed by atoms with van der Waals surface area (Å²) in [6.45, 7) is 1.25. The maximum absolute atomic E-state index is 10.1. The normalized spacial score (nSPS) is 23.5. The summed E-state index contributed by atoms with van der Waals surface area (Å²) < 4.78 is 11.0. The lowest BCUT2D eigenvalue weighted by atomic mass is 9.58. The van der Waals surface area contributed by atoms with Crippen molar-refractivity contribution in [3.05, 3.63) is 46.7 Å². The van der Waals surface area contributed by atoms with Crippen molar-refractivity contribution < 1.29 is 9.47 Å². The van der Waals surface area contributed by atoms with Gasteiger partial charge in [0.1, 0.15) is 6.07 Å². The number of ether oxygens (including phenoxy) is 2. The Kier molecular flexibility index (Phi) is 5.01. The number of hydrogen-bond donors (Lipinski definition) is 1. The number of methoxy groups -OCH3 is 2. The molecule has 0 spiro atoms. The molecule has 1 aliphatic carbocycles. The molecule has 1 aromatic rings. The number of nitrogens with two attached hydrogens (primary N) is 1. The predicted molar refractivity (Wildman–Crippen MR) is 102 cm³/mol. The van der Waals surface area contributed by atoms with Crippen molar-refractivity contribution in [3.8, 4) is 29.7 Å². The molecule has 0 bridgehead atoms. The molecule has 1 heterocycles. The average Bonchev–Trinajstić information content (AvgIpc) is 2.72. The van der Waals surface area contributed by atoms with Crippen molar-refractivity contribution in [1.29, 1.82) is 15.8 Å². The number of allylic oxidation sites excluding steroid dienone is 2. The Morgan fingerprint density at radius 1 is 1.18 bits per heavy atom. The molecule has 1 aromatic carbocycles. The molecule has 2 aliphatic rings. The van der Waals surface area contributed by atoms with Crippen LogP contribution in [-0.2, 0) is 0 Å². The lowest BCUT2D eigenvalue weighted by Gasteiger charge is -2.45. The van der Waals surface area contributed by atoms with Gasteiger partial charge < -0.3 is 20.1 Å². The number of nitriles is 3. The highest BCUT2D eigenvalue weighted by atomic mass is 16.5. The number of likely N-dealkylation sites (N-methyl/N-ethyl adjacent to an activating group) is 1. The van der Waals surface area contributed by atoms with Crippen molar-refractivity contribution in [2.45, 2.75) is 5.92 Å². The quantitative estimate of drug-likeness (QED) is 0.858. The van der Waals surface area contributed by atoms with Gasteiger partial charge in [-0.2, -0.15) is 15.8 Å². The monoisotopic (exact) mass is 375 g/mol. The maximum atomic E-state index is 10.1. The molecule has 0 aromatic heterocycles. The Bertz CT molecular complexity index is 976. The maximum Gasteiger partial charge on any atom is 0.191 e. The van der Waals surface area contributed by atoms with Gasteiger partial charge in [0.05, 0.1) is 37.6 Å². The minimum atomic E-state index is -1.69. The zero-order valence-electron chi connectivity index (χ0n) is 16.1. The second-order valence-electron chi connectivity index (χ2n) is 6.98. The van der Waals surface area contributed by atoms with Crippen LogP contribution in [0, 0.1) is 45.3 Å². The van der Waals surface area contributed by atoms with Crippen LogP contribution in [0.4, 0.5) is 0 Å². The fourth-order valence-corrected chi connectivity index (χ4v) is 4.32. The summed E-state index contributed by atoms with van der Waals surface area (Å²) in [5.74, 6) is 0.0958. The van der Waals surface area contributed by atoms with Gasteiger partial charge in [-0.25, -0.2) is 0 Å². The molecule has 0 saturated heterocycles. The van der Waals surface area contributed by atoms with E-state index in [0.717, 1.165) is 5.57 Å². The van der Waals surface area contributed by atoms with E-state index in [0.29, 0.717) is 30.2 Å². The number of para-hydroxylation sites is 1. The molecule has 0 radical (unpaired) electrons. The molecule has 28 heavy (non-hydrogen) atoms. The van der Waals surface area contributed by atoms with Crippen LogP contribution in [0.3, 0.4) is 0 Å². The van der Waals surface area contributed by atoms with Crippen LogP contribution in [0.2, 0.25) is 0 Å². The van der Waals surface area contributed by atoms with Crippen molar-refractivity contribution in [1.82, 2.24) is 4.90 Å². The lowest BCUT2D eigenvalue weighted by Crippen LogP contribution is -2.47.